The Bertz CT molecular complexity index is 795. The molecule has 0 radical (unpaired) electrons. The number of nitrogens with zero attached hydrogens (tertiary/aromatic N) is 2. The van der Waals surface area contributed by atoms with Gasteiger partial charge in [-0.25, -0.2) is 4.79 Å². The predicted molar refractivity (Wildman–Crippen MR) is 86.4 cm³/mol. The number of rotatable bonds is 7. The Morgan fingerprint density at radius 3 is 2.40 bits per heavy atom. The zero-order chi connectivity index (χ0) is 18.6. The maximum absolute atomic E-state index is 12.4. The second-order valence-corrected chi connectivity index (χ2v) is 5.70. The maximum atomic E-state index is 12.4. The molecule has 1 aromatic heterocycles. The fourth-order valence-electron chi connectivity index (χ4n) is 2.59. The van der Waals surface area contributed by atoms with Crippen LogP contribution in [0.25, 0.3) is 11.0 Å². The second kappa shape index (κ2) is 7.73. The molecule has 0 saturated carbocycles. The van der Waals surface area contributed by atoms with Crippen LogP contribution >= 0.6 is 0 Å². The fraction of sp³-hybridized carbons (Fsp3) is 0.500. The molecule has 6 nitrogen and oxygen atoms in total. The molecule has 9 heteroatoms. The normalized spacial score (nSPS) is 13.2. The van der Waals surface area contributed by atoms with Crippen LogP contribution in [0.5, 0.6) is 0 Å². The minimum atomic E-state index is -4.40. The van der Waals surface area contributed by atoms with Crippen LogP contribution in [-0.2, 0) is 22.6 Å². The maximum Gasteiger partial charge on any atom is 0.411 e. The average Bonchev–Trinajstić information content (AvgIpc) is 2.78. The highest BCUT2D eigenvalue weighted by molar-refractivity contribution is 5.81. The third-order valence-corrected chi connectivity index (χ3v) is 3.58. The van der Waals surface area contributed by atoms with E-state index < -0.39 is 24.7 Å². The number of fused-ring (bicyclic) bond motifs is 1. The highest BCUT2D eigenvalue weighted by Gasteiger charge is 2.27. The van der Waals surface area contributed by atoms with Crippen LogP contribution in [0.3, 0.4) is 0 Å². The lowest BCUT2D eigenvalue weighted by atomic mass is 10.3. The van der Waals surface area contributed by atoms with Crippen molar-refractivity contribution in [1.29, 1.82) is 0 Å². The third kappa shape index (κ3) is 4.85. The Morgan fingerprint density at radius 2 is 1.84 bits per heavy atom. The van der Waals surface area contributed by atoms with Gasteiger partial charge in [0.15, 0.2) is 0 Å². The summed E-state index contributed by atoms with van der Waals surface area (Å²) in [6.45, 7) is 1.99. The summed E-state index contributed by atoms with van der Waals surface area (Å²) in [6.07, 6.45) is -4.40. The predicted octanol–water partition coefficient (Wildman–Crippen LogP) is 1.91. The Balaban J connectivity index is 2.03. The summed E-state index contributed by atoms with van der Waals surface area (Å²) >= 11 is 0. The quantitative estimate of drug-likeness (QED) is 0.821. The molecule has 1 aromatic carbocycles. The molecular formula is C16H20F3N3O3. The number of benzene rings is 1. The van der Waals surface area contributed by atoms with E-state index >= 15 is 0 Å². The first-order valence-electron chi connectivity index (χ1n) is 7.85. The van der Waals surface area contributed by atoms with Crippen molar-refractivity contribution in [1.82, 2.24) is 14.5 Å². The Hall–Kier alpha value is -2.29. The van der Waals surface area contributed by atoms with Crippen LogP contribution in [0.15, 0.2) is 29.1 Å². The number of aryl methyl sites for hydroxylation is 1. The number of carbonyl (C=O) groups is 1. The number of nitrogens with one attached hydrogen (secondary N) is 1. The van der Waals surface area contributed by atoms with Crippen LogP contribution < -0.4 is 11.0 Å². The molecule has 1 unspecified atom stereocenters. The van der Waals surface area contributed by atoms with Crippen molar-refractivity contribution in [2.24, 2.45) is 0 Å². The molecular weight excluding hydrogens is 339 g/mol. The molecule has 1 amide bonds. The molecule has 1 atom stereocenters. The molecule has 0 saturated heterocycles. The van der Waals surface area contributed by atoms with Crippen LogP contribution in [-0.4, -0.2) is 40.5 Å². The molecule has 0 aliphatic heterocycles. The van der Waals surface area contributed by atoms with Crippen molar-refractivity contribution in [2.45, 2.75) is 39.2 Å². The summed E-state index contributed by atoms with van der Waals surface area (Å²) in [5, 5.41) is 2.53. The lowest BCUT2D eigenvalue weighted by Gasteiger charge is -2.15. The molecule has 0 bridgehead atoms. The number of alkyl halides is 3. The zero-order valence-corrected chi connectivity index (χ0v) is 14.0. The summed E-state index contributed by atoms with van der Waals surface area (Å²) in [7, 11) is 0. The van der Waals surface area contributed by atoms with Gasteiger partial charge in [0.25, 0.3) is 0 Å². The van der Waals surface area contributed by atoms with Gasteiger partial charge in [-0.05, 0) is 26.0 Å². The molecule has 2 aromatic rings. The summed E-state index contributed by atoms with van der Waals surface area (Å²) in [5.41, 5.74) is 1.05. The Labute approximate surface area is 142 Å². The molecule has 25 heavy (non-hydrogen) atoms. The average molecular weight is 359 g/mol. The van der Waals surface area contributed by atoms with Gasteiger partial charge in [-0.3, -0.25) is 13.9 Å². The van der Waals surface area contributed by atoms with Gasteiger partial charge in [0.2, 0.25) is 5.91 Å². The summed E-state index contributed by atoms with van der Waals surface area (Å²) in [4.78, 5) is 24.5. The van der Waals surface area contributed by atoms with Crippen molar-refractivity contribution < 1.29 is 22.7 Å². The highest BCUT2D eigenvalue weighted by Crippen LogP contribution is 2.14. The number of aromatic nitrogens is 2. The molecule has 0 spiro atoms. The van der Waals surface area contributed by atoms with E-state index in [0.29, 0.717) is 12.1 Å². The van der Waals surface area contributed by atoms with Gasteiger partial charge in [0, 0.05) is 12.6 Å². The van der Waals surface area contributed by atoms with Gasteiger partial charge >= 0.3 is 11.9 Å². The monoisotopic (exact) mass is 359 g/mol. The van der Waals surface area contributed by atoms with E-state index in [0.717, 1.165) is 5.52 Å². The number of halogens is 3. The lowest BCUT2D eigenvalue weighted by molar-refractivity contribution is -0.175. The van der Waals surface area contributed by atoms with E-state index in [4.69, 9.17) is 0 Å². The van der Waals surface area contributed by atoms with Gasteiger partial charge in [0.1, 0.15) is 13.2 Å². The number of amides is 1. The van der Waals surface area contributed by atoms with Crippen molar-refractivity contribution >= 4 is 16.9 Å². The number of imidazole rings is 1. The largest absolute Gasteiger partial charge is 0.411 e. The van der Waals surface area contributed by atoms with E-state index in [9.17, 15) is 22.8 Å². The summed E-state index contributed by atoms with van der Waals surface area (Å²) in [6, 6.07) is 6.50. The first-order valence-corrected chi connectivity index (χ1v) is 7.85. The molecule has 1 heterocycles. The topological polar surface area (TPSA) is 65.3 Å². The molecule has 0 fully saturated rings. The van der Waals surface area contributed by atoms with Crippen LogP contribution in [0.1, 0.15) is 13.8 Å². The number of para-hydroxylation sites is 2. The molecule has 2 rings (SSSR count). The van der Waals surface area contributed by atoms with Crippen molar-refractivity contribution in [3.8, 4) is 0 Å². The number of ether oxygens (including phenoxy) is 1. The minimum Gasteiger partial charge on any atom is -0.370 e. The smallest absolute Gasteiger partial charge is 0.370 e. The first kappa shape index (κ1) is 19.0. The van der Waals surface area contributed by atoms with Crippen LogP contribution in [0.2, 0.25) is 0 Å². The van der Waals surface area contributed by atoms with Crippen LogP contribution in [0, 0.1) is 0 Å². The Kier molecular flexibility index (Phi) is 5.89. The molecule has 0 aliphatic rings. The van der Waals surface area contributed by atoms with Crippen molar-refractivity contribution in [2.75, 3.05) is 13.2 Å². The van der Waals surface area contributed by atoms with E-state index in [1.54, 1.807) is 28.8 Å². The lowest BCUT2D eigenvalue weighted by Crippen LogP contribution is -2.40. The fourth-order valence-corrected chi connectivity index (χ4v) is 2.59. The van der Waals surface area contributed by atoms with E-state index in [2.05, 4.69) is 10.1 Å². The van der Waals surface area contributed by atoms with E-state index in [-0.39, 0.29) is 18.8 Å². The van der Waals surface area contributed by atoms with Gasteiger partial charge in [-0.2, -0.15) is 13.2 Å². The Morgan fingerprint density at radius 1 is 1.24 bits per heavy atom. The van der Waals surface area contributed by atoms with Crippen molar-refractivity contribution in [3.63, 3.8) is 0 Å². The second-order valence-electron chi connectivity index (χ2n) is 5.70. The van der Waals surface area contributed by atoms with E-state index in [1.807, 2.05) is 6.92 Å². The number of hydrogen-bond acceptors (Lipinski definition) is 3. The van der Waals surface area contributed by atoms with Crippen LogP contribution in [0.4, 0.5) is 13.2 Å². The molecule has 0 aliphatic carbocycles. The third-order valence-electron chi connectivity index (χ3n) is 3.58. The summed E-state index contributed by atoms with van der Waals surface area (Å²) < 4.78 is 43.5. The highest BCUT2D eigenvalue weighted by atomic mass is 19.4. The molecule has 1 N–H and O–H groups in total. The number of hydrogen-bond donors (Lipinski definition) is 1. The summed E-state index contributed by atoms with van der Waals surface area (Å²) in [5.74, 6) is -0.468. The van der Waals surface area contributed by atoms with Gasteiger partial charge in [-0.15, -0.1) is 0 Å². The van der Waals surface area contributed by atoms with Gasteiger partial charge in [0.05, 0.1) is 17.6 Å². The number of carbonyl (C=O) groups excluding carboxylic acids is 1. The van der Waals surface area contributed by atoms with Gasteiger partial charge < -0.3 is 10.1 Å². The van der Waals surface area contributed by atoms with Crippen molar-refractivity contribution in [3.05, 3.63) is 34.7 Å². The molecule has 138 valence electrons. The standard InChI is InChI=1S/C16H20F3N3O3/c1-3-21-12-6-4-5-7-13(12)22(15(21)24)8-14(23)20-11(2)9-25-10-16(17,18)19/h4-7,11H,3,8-10H2,1-2H3,(H,20,23). The van der Waals surface area contributed by atoms with E-state index in [1.165, 1.54) is 11.5 Å². The zero-order valence-electron chi connectivity index (χ0n) is 14.0. The van der Waals surface area contributed by atoms with Gasteiger partial charge in [-0.1, -0.05) is 12.1 Å². The first-order chi connectivity index (χ1) is 11.7. The SMILES string of the molecule is CCn1c(=O)n(CC(=O)NC(C)COCC(F)(F)F)c2ccccc21. The minimum absolute atomic E-state index is 0.212.